The zero-order chi connectivity index (χ0) is 9.80. The van der Waals surface area contributed by atoms with Crippen molar-refractivity contribution in [3.8, 4) is 0 Å². The van der Waals surface area contributed by atoms with Gasteiger partial charge in [-0.3, -0.25) is 0 Å². The van der Waals surface area contributed by atoms with Crippen molar-refractivity contribution in [3.05, 3.63) is 24.6 Å². The number of thioether (sulfide) groups is 1. The molecule has 72 valence electrons. The molecule has 7 heteroatoms. The summed E-state index contributed by atoms with van der Waals surface area (Å²) in [5.41, 5.74) is 5.60. The van der Waals surface area contributed by atoms with Crippen molar-refractivity contribution in [1.29, 1.82) is 0 Å². The minimum atomic E-state index is 0.414. The van der Waals surface area contributed by atoms with Gasteiger partial charge in [-0.15, -0.1) is 0 Å². The maximum atomic E-state index is 5.60. The summed E-state index contributed by atoms with van der Waals surface area (Å²) in [6.07, 6.45) is 4.49. The number of anilines is 1. The molecule has 2 heterocycles. The molecule has 0 bridgehead atoms. The first-order valence-corrected chi connectivity index (χ1v) is 4.79. The number of aromatic nitrogens is 4. The highest BCUT2D eigenvalue weighted by Gasteiger charge is 2.05. The molecule has 0 unspecified atom stereocenters. The lowest BCUT2D eigenvalue weighted by atomic mass is 10.7. The lowest BCUT2D eigenvalue weighted by molar-refractivity contribution is 0.390. The highest BCUT2D eigenvalue weighted by atomic mass is 32.2. The zero-order valence-corrected chi connectivity index (χ0v) is 7.94. The number of hydrogen-bond acceptors (Lipinski definition) is 7. The SMILES string of the molecule is Nc1nccnc1SCc1ncno1. The summed E-state index contributed by atoms with van der Waals surface area (Å²) in [6, 6.07) is 0. The molecule has 0 saturated heterocycles. The summed E-state index contributed by atoms with van der Waals surface area (Å²) in [7, 11) is 0. The van der Waals surface area contributed by atoms with Crippen molar-refractivity contribution in [2.24, 2.45) is 0 Å². The van der Waals surface area contributed by atoms with Gasteiger partial charge in [0.15, 0.2) is 12.1 Å². The fourth-order valence-corrected chi connectivity index (χ4v) is 1.56. The monoisotopic (exact) mass is 209 g/mol. The van der Waals surface area contributed by atoms with Gasteiger partial charge in [-0.05, 0) is 0 Å². The molecule has 0 amide bonds. The van der Waals surface area contributed by atoms with E-state index in [0.717, 1.165) is 0 Å². The molecule has 0 saturated carbocycles. The minimum absolute atomic E-state index is 0.414. The highest BCUT2D eigenvalue weighted by molar-refractivity contribution is 7.98. The smallest absolute Gasteiger partial charge is 0.236 e. The lowest BCUT2D eigenvalue weighted by Crippen LogP contribution is -1.94. The van der Waals surface area contributed by atoms with E-state index in [2.05, 4.69) is 20.1 Å². The van der Waals surface area contributed by atoms with Crippen molar-refractivity contribution in [2.45, 2.75) is 10.8 Å². The Kier molecular flexibility index (Phi) is 2.59. The Balaban J connectivity index is 2.02. The molecule has 2 aromatic rings. The van der Waals surface area contributed by atoms with Gasteiger partial charge in [0.2, 0.25) is 5.89 Å². The summed E-state index contributed by atoms with van der Waals surface area (Å²) in [6.45, 7) is 0. The average Bonchev–Trinajstić information content (AvgIpc) is 2.69. The maximum absolute atomic E-state index is 5.60. The summed E-state index contributed by atoms with van der Waals surface area (Å²) in [5, 5.41) is 4.16. The van der Waals surface area contributed by atoms with E-state index in [1.165, 1.54) is 18.1 Å². The van der Waals surface area contributed by atoms with Crippen molar-refractivity contribution in [2.75, 3.05) is 5.73 Å². The Morgan fingerprint density at radius 3 is 2.86 bits per heavy atom. The average molecular weight is 209 g/mol. The van der Waals surface area contributed by atoms with Gasteiger partial charge < -0.3 is 10.3 Å². The molecule has 2 aromatic heterocycles. The van der Waals surface area contributed by atoms with Gasteiger partial charge in [-0.2, -0.15) is 4.98 Å². The van der Waals surface area contributed by atoms with Crippen LogP contribution < -0.4 is 5.73 Å². The first kappa shape index (κ1) is 8.95. The number of hydrogen-bond donors (Lipinski definition) is 1. The van der Waals surface area contributed by atoms with Crippen LogP contribution in [0.5, 0.6) is 0 Å². The fourth-order valence-electron chi connectivity index (χ4n) is 0.837. The number of nitrogen functional groups attached to an aromatic ring is 1. The molecular weight excluding hydrogens is 202 g/mol. The van der Waals surface area contributed by atoms with E-state index in [1.807, 2.05) is 0 Å². The molecule has 0 radical (unpaired) electrons. The number of nitrogens with two attached hydrogens (primary N) is 1. The number of rotatable bonds is 3. The second-order valence-corrected chi connectivity index (χ2v) is 3.33. The van der Waals surface area contributed by atoms with Crippen molar-refractivity contribution in [1.82, 2.24) is 20.1 Å². The Morgan fingerprint density at radius 2 is 2.14 bits per heavy atom. The van der Waals surface area contributed by atoms with Crippen molar-refractivity contribution < 1.29 is 4.52 Å². The predicted octanol–water partition coefficient (Wildman–Crippen LogP) is 0.734. The second kappa shape index (κ2) is 4.05. The third-order valence-corrected chi connectivity index (χ3v) is 2.41. The predicted molar refractivity (Wildman–Crippen MR) is 50.3 cm³/mol. The van der Waals surface area contributed by atoms with E-state index in [0.29, 0.717) is 22.5 Å². The Bertz CT molecular complexity index is 404. The third kappa shape index (κ3) is 1.99. The molecule has 0 aliphatic rings. The molecule has 14 heavy (non-hydrogen) atoms. The largest absolute Gasteiger partial charge is 0.381 e. The van der Waals surface area contributed by atoms with Crippen LogP contribution in [0.3, 0.4) is 0 Å². The topological polar surface area (TPSA) is 90.7 Å². The molecule has 2 N–H and O–H groups in total. The van der Waals surface area contributed by atoms with Crippen LogP contribution in [0.25, 0.3) is 0 Å². The van der Waals surface area contributed by atoms with Gasteiger partial charge in [-0.1, -0.05) is 16.9 Å². The molecule has 0 aliphatic heterocycles. The summed E-state index contributed by atoms with van der Waals surface area (Å²) < 4.78 is 4.82. The third-order valence-electron chi connectivity index (χ3n) is 1.43. The molecule has 0 aromatic carbocycles. The standard InChI is InChI=1S/C7H7N5OS/c8-6-7(10-2-1-9-6)14-3-5-11-4-12-13-5/h1-2,4H,3H2,(H2,8,9). The zero-order valence-electron chi connectivity index (χ0n) is 7.12. The first-order valence-electron chi connectivity index (χ1n) is 3.81. The molecule has 0 spiro atoms. The van der Waals surface area contributed by atoms with Gasteiger partial charge in [0, 0.05) is 12.4 Å². The maximum Gasteiger partial charge on any atom is 0.236 e. The van der Waals surface area contributed by atoms with E-state index >= 15 is 0 Å². The van der Waals surface area contributed by atoms with Crippen LogP contribution in [0.4, 0.5) is 5.82 Å². The van der Waals surface area contributed by atoms with Crippen molar-refractivity contribution in [3.63, 3.8) is 0 Å². The van der Waals surface area contributed by atoms with Crippen LogP contribution >= 0.6 is 11.8 Å². The van der Waals surface area contributed by atoms with Gasteiger partial charge in [0.25, 0.3) is 0 Å². The Morgan fingerprint density at radius 1 is 1.29 bits per heavy atom. The van der Waals surface area contributed by atoms with Crippen LogP contribution in [0.15, 0.2) is 28.3 Å². The Labute approximate surface area is 83.9 Å². The van der Waals surface area contributed by atoms with Crippen LogP contribution in [0.1, 0.15) is 5.89 Å². The second-order valence-electron chi connectivity index (χ2n) is 2.37. The van der Waals surface area contributed by atoms with Crippen LogP contribution in [0, 0.1) is 0 Å². The minimum Gasteiger partial charge on any atom is -0.381 e. The molecular formula is C7H7N5OS. The molecule has 0 atom stereocenters. The molecule has 0 aliphatic carbocycles. The molecule has 2 rings (SSSR count). The summed E-state index contributed by atoms with van der Waals surface area (Å²) in [4.78, 5) is 11.8. The van der Waals surface area contributed by atoms with E-state index in [-0.39, 0.29) is 0 Å². The first-order chi connectivity index (χ1) is 6.86. The number of nitrogens with zero attached hydrogens (tertiary/aromatic N) is 4. The fraction of sp³-hybridized carbons (Fsp3) is 0.143. The molecule has 0 fully saturated rings. The van der Waals surface area contributed by atoms with E-state index in [1.54, 1.807) is 12.4 Å². The van der Waals surface area contributed by atoms with E-state index in [9.17, 15) is 0 Å². The van der Waals surface area contributed by atoms with Crippen molar-refractivity contribution >= 4 is 17.6 Å². The van der Waals surface area contributed by atoms with Gasteiger partial charge in [-0.25, -0.2) is 9.97 Å². The summed E-state index contributed by atoms with van der Waals surface area (Å²) >= 11 is 1.41. The van der Waals surface area contributed by atoms with Gasteiger partial charge in [0.1, 0.15) is 5.03 Å². The highest BCUT2D eigenvalue weighted by Crippen LogP contribution is 2.22. The van der Waals surface area contributed by atoms with E-state index in [4.69, 9.17) is 10.3 Å². The molecule has 6 nitrogen and oxygen atoms in total. The summed E-state index contributed by atoms with van der Waals surface area (Å²) in [5.74, 6) is 1.50. The quantitative estimate of drug-likeness (QED) is 0.745. The van der Waals surface area contributed by atoms with Crippen LogP contribution in [0.2, 0.25) is 0 Å². The van der Waals surface area contributed by atoms with Gasteiger partial charge in [0.05, 0.1) is 5.75 Å². The normalized spacial score (nSPS) is 10.3. The van der Waals surface area contributed by atoms with Crippen LogP contribution in [-0.4, -0.2) is 20.1 Å². The van der Waals surface area contributed by atoms with Crippen LogP contribution in [-0.2, 0) is 5.75 Å². The lowest BCUT2D eigenvalue weighted by Gasteiger charge is -1.99. The van der Waals surface area contributed by atoms with Gasteiger partial charge >= 0.3 is 0 Å². The van der Waals surface area contributed by atoms with E-state index < -0.39 is 0 Å². The Hall–Kier alpha value is -1.63.